The quantitative estimate of drug-likeness (QED) is 0.832. The van der Waals surface area contributed by atoms with Gasteiger partial charge in [0.2, 0.25) is 5.88 Å². The van der Waals surface area contributed by atoms with Crippen molar-refractivity contribution in [3.05, 3.63) is 36.2 Å². The van der Waals surface area contributed by atoms with Crippen LogP contribution in [-0.4, -0.2) is 33.0 Å². The normalized spacial score (nSPS) is 10.1. The van der Waals surface area contributed by atoms with Gasteiger partial charge in [0.05, 0.1) is 7.11 Å². The minimum atomic E-state index is -1.07. The zero-order valence-electron chi connectivity index (χ0n) is 8.49. The lowest BCUT2D eigenvalue weighted by Crippen LogP contribution is -2.03. The standard InChI is InChI=1S/C10H9N3O3/c1-16-9-4-2-3-8(11-9)13-6-5-7(12-13)10(14)15/h2-6H,1H3,(H,14,15). The third-order valence-corrected chi connectivity index (χ3v) is 1.96. The smallest absolute Gasteiger partial charge is 0.356 e. The van der Waals surface area contributed by atoms with E-state index in [1.54, 1.807) is 18.2 Å². The van der Waals surface area contributed by atoms with Crippen molar-refractivity contribution < 1.29 is 14.6 Å². The molecule has 0 saturated carbocycles. The molecule has 0 spiro atoms. The van der Waals surface area contributed by atoms with Gasteiger partial charge >= 0.3 is 5.97 Å². The van der Waals surface area contributed by atoms with Gasteiger partial charge in [-0.3, -0.25) is 0 Å². The number of carboxylic acid groups (broad SMARTS) is 1. The van der Waals surface area contributed by atoms with Crippen LogP contribution in [0.1, 0.15) is 10.5 Å². The Kier molecular flexibility index (Phi) is 2.55. The average molecular weight is 219 g/mol. The second-order valence-electron chi connectivity index (χ2n) is 2.99. The van der Waals surface area contributed by atoms with Crippen molar-refractivity contribution in [1.82, 2.24) is 14.8 Å². The maximum atomic E-state index is 10.6. The lowest BCUT2D eigenvalue weighted by atomic mass is 10.4. The van der Waals surface area contributed by atoms with Crippen LogP contribution in [0.15, 0.2) is 30.5 Å². The fraction of sp³-hybridized carbons (Fsp3) is 0.100. The van der Waals surface area contributed by atoms with Crippen LogP contribution >= 0.6 is 0 Å². The molecule has 1 N–H and O–H groups in total. The highest BCUT2D eigenvalue weighted by atomic mass is 16.5. The maximum absolute atomic E-state index is 10.6. The van der Waals surface area contributed by atoms with E-state index in [-0.39, 0.29) is 5.69 Å². The topological polar surface area (TPSA) is 77.2 Å². The van der Waals surface area contributed by atoms with Gasteiger partial charge in [0, 0.05) is 12.3 Å². The Bertz CT molecular complexity index is 522. The Labute approximate surface area is 91.1 Å². The monoisotopic (exact) mass is 219 g/mol. The predicted molar refractivity (Wildman–Crippen MR) is 54.9 cm³/mol. The SMILES string of the molecule is COc1cccc(-n2ccc(C(=O)O)n2)n1. The van der Waals surface area contributed by atoms with Crippen molar-refractivity contribution in [3.63, 3.8) is 0 Å². The first-order chi connectivity index (χ1) is 7.70. The van der Waals surface area contributed by atoms with Crippen LogP contribution in [-0.2, 0) is 0 Å². The average Bonchev–Trinajstić information content (AvgIpc) is 2.78. The maximum Gasteiger partial charge on any atom is 0.356 e. The van der Waals surface area contributed by atoms with Gasteiger partial charge in [-0.15, -0.1) is 0 Å². The highest BCUT2D eigenvalue weighted by Crippen LogP contribution is 2.10. The molecule has 0 radical (unpaired) electrons. The predicted octanol–water partition coefficient (Wildman–Crippen LogP) is 0.974. The fourth-order valence-electron chi connectivity index (χ4n) is 1.21. The number of rotatable bonds is 3. The molecule has 0 unspecified atom stereocenters. The van der Waals surface area contributed by atoms with Gasteiger partial charge in [0.1, 0.15) is 0 Å². The second-order valence-corrected chi connectivity index (χ2v) is 2.99. The molecule has 6 nitrogen and oxygen atoms in total. The molecule has 0 fully saturated rings. The zero-order chi connectivity index (χ0) is 11.5. The van der Waals surface area contributed by atoms with Crippen molar-refractivity contribution in [1.29, 1.82) is 0 Å². The number of pyridine rings is 1. The summed E-state index contributed by atoms with van der Waals surface area (Å²) < 4.78 is 6.34. The second kappa shape index (κ2) is 4.01. The minimum absolute atomic E-state index is 0.0235. The Balaban J connectivity index is 2.38. The Morgan fingerprint density at radius 3 is 2.88 bits per heavy atom. The van der Waals surface area contributed by atoms with Gasteiger partial charge in [0.25, 0.3) is 0 Å². The van der Waals surface area contributed by atoms with E-state index >= 15 is 0 Å². The summed E-state index contributed by atoms with van der Waals surface area (Å²) in [4.78, 5) is 14.8. The number of aromatic carboxylic acids is 1. The van der Waals surface area contributed by atoms with E-state index in [4.69, 9.17) is 9.84 Å². The van der Waals surface area contributed by atoms with Gasteiger partial charge in [0.15, 0.2) is 11.5 Å². The molecule has 0 aromatic carbocycles. The van der Waals surface area contributed by atoms with Crippen molar-refractivity contribution in [3.8, 4) is 11.7 Å². The van der Waals surface area contributed by atoms with Crippen LogP contribution in [0, 0.1) is 0 Å². The van der Waals surface area contributed by atoms with Crippen LogP contribution in [0.2, 0.25) is 0 Å². The molecule has 0 saturated heterocycles. The van der Waals surface area contributed by atoms with Crippen LogP contribution < -0.4 is 4.74 Å². The first-order valence-electron chi connectivity index (χ1n) is 4.51. The Morgan fingerprint density at radius 1 is 1.44 bits per heavy atom. The van der Waals surface area contributed by atoms with Crippen molar-refractivity contribution in [2.24, 2.45) is 0 Å². The summed E-state index contributed by atoms with van der Waals surface area (Å²) in [6.07, 6.45) is 1.53. The number of carboxylic acids is 1. The Morgan fingerprint density at radius 2 is 2.25 bits per heavy atom. The van der Waals surface area contributed by atoms with Gasteiger partial charge in [-0.05, 0) is 12.1 Å². The van der Waals surface area contributed by atoms with E-state index in [9.17, 15) is 4.79 Å². The number of aromatic nitrogens is 3. The van der Waals surface area contributed by atoms with Crippen LogP contribution in [0.3, 0.4) is 0 Å². The third-order valence-electron chi connectivity index (χ3n) is 1.96. The molecule has 2 aromatic heterocycles. The number of nitrogens with zero attached hydrogens (tertiary/aromatic N) is 3. The molecule has 0 aliphatic carbocycles. The van der Waals surface area contributed by atoms with E-state index in [1.807, 2.05) is 0 Å². The number of hydrogen-bond acceptors (Lipinski definition) is 4. The third kappa shape index (κ3) is 1.85. The first-order valence-corrected chi connectivity index (χ1v) is 4.51. The summed E-state index contributed by atoms with van der Waals surface area (Å²) in [6, 6.07) is 6.57. The Hall–Kier alpha value is -2.37. The molecule has 82 valence electrons. The lowest BCUT2D eigenvalue weighted by molar-refractivity contribution is 0.0690. The largest absolute Gasteiger partial charge is 0.481 e. The summed E-state index contributed by atoms with van der Waals surface area (Å²) >= 11 is 0. The molecular weight excluding hydrogens is 210 g/mol. The van der Waals surface area contributed by atoms with E-state index in [0.717, 1.165) is 0 Å². The number of ether oxygens (including phenoxy) is 1. The fourth-order valence-corrected chi connectivity index (χ4v) is 1.21. The molecule has 0 aliphatic heterocycles. The molecule has 6 heteroatoms. The zero-order valence-corrected chi connectivity index (χ0v) is 8.49. The number of hydrogen-bond donors (Lipinski definition) is 1. The van der Waals surface area contributed by atoms with Crippen LogP contribution in [0.25, 0.3) is 5.82 Å². The molecule has 0 atom stereocenters. The molecular formula is C10H9N3O3. The highest BCUT2D eigenvalue weighted by Gasteiger charge is 2.08. The van der Waals surface area contributed by atoms with Crippen molar-refractivity contribution in [2.75, 3.05) is 7.11 Å². The first kappa shape index (κ1) is 10.2. The van der Waals surface area contributed by atoms with Gasteiger partial charge in [-0.1, -0.05) is 6.07 Å². The summed E-state index contributed by atoms with van der Waals surface area (Å²) in [6.45, 7) is 0. The molecule has 0 aliphatic rings. The summed E-state index contributed by atoms with van der Waals surface area (Å²) in [5.74, 6) is -0.113. The van der Waals surface area contributed by atoms with E-state index in [1.165, 1.54) is 24.1 Å². The highest BCUT2D eigenvalue weighted by molar-refractivity contribution is 5.85. The molecule has 0 amide bonds. The molecule has 16 heavy (non-hydrogen) atoms. The number of methoxy groups -OCH3 is 1. The molecule has 2 heterocycles. The summed E-state index contributed by atoms with van der Waals surface area (Å²) in [5, 5.41) is 12.6. The van der Waals surface area contributed by atoms with Crippen LogP contribution in [0.4, 0.5) is 0 Å². The molecule has 0 bridgehead atoms. The number of carbonyl (C=O) groups is 1. The van der Waals surface area contributed by atoms with E-state index < -0.39 is 5.97 Å². The van der Waals surface area contributed by atoms with Gasteiger partial charge in [-0.25, -0.2) is 9.48 Å². The lowest BCUT2D eigenvalue weighted by Gasteiger charge is -2.02. The van der Waals surface area contributed by atoms with E-state index in [2.05, 4.69) is 10.1 Å². The van der Waals surface area contributed by atoms with Crippen molar-refractivity contribution >= 4 is 5.97 Å². The van der Waals surface area contributed by atoms with Crippen molar-refractivity contribution in [2.45, 2.75) is 0 Å². The molecule has 2 aromatic rings. The molecule has 2 rings (SSSR count). The van der Waals surface area contributed by atoms with Crippen LogP contribution in [0.5, 0.6) is 5.88 Å². The summed E-state index contributed by atoms with van der Waals surface area (Å²) in [5.41, 5.74) is -0.0235. The van der Waals surface area contributed by atoms with Gasteiger partial charge < -0.3 is 9.84 Å². The van der Waals surface area contributed by atoms with E-state index in [0.29, 0.717) is 11.7 Å². The minimum Gasteiger partial charge on any atom is -0.481 e. The summed E-state index contributed by atoms with van der Waals surface area (Å²) in [7, 11) is 1.51. The van der Waals surface area contributed by atoms with Gasteiger partial charge in [-0.2, -0.15) is 10.1 Å².